The summed E-state index contributed by atoms with van der Waals surface area (Å²) in [4.78, 5) is 25.2. The molecule has 0 aromatic carbocycles. The minimum Gasteiger partial charge on any atom is -0.498 e. The molecule has 0 aromatic heterocycles. The van der Waals surface area contributed by atoms with Gasteiger partial charge in [0, 0.05) is 25.2 Å². The van der Waals surface area contributed by atoms with E-state index in [2.05, 4.69) is 13.8 Å². The molecule has 0 aliphatic heterocycles. The number of hydrogen-bond acceptors (Lipinski definition) is 4. The Morgan fingerprint density at radius 3 is 1.82 bits per heavy atom. The second-order valence-electron chi connectivity index (χ2n) is 10.7. The highest BCUT2D eigenvalue weighted by molar-refractivity contribution is 5.84. The highest BCUT2D eigenvalue weighted by atomic mass is 16.5. The molecule has 196 valence electrons. The molecular formula is C30H52O4. The van der Waals surface area contributed by atoms with E-state index in [1.54, 1.807) is 0 Å². The summed E-state index contributed by atoms with van der Waals surface area (Å²) in [6.07, 6.45) is 21.6. The van der Waals surface area contributed by atoms with E-state index >= 15 is 0 Å². The Labute approximate surface area is 209 Å². The second-order valence-corrected chi connectivity index (χ2v) is 10.7. The highest BCUT2D eigenvalue weighted by Crippen LogP contribution is 2.36. The van der Waals surface area contributed by atoms with Crippen LogP contribution in [0.1, 0.15) is 142 Å². The maximum atomic E-state index is 12.6. The zero-order chi connectivity index (χ0) is 24.4. The van der Waals surface area contributed by atoms with Gasteiger partial charge in [0.2, 0.25) is 0 Å². The van der Waals surface area contributed by atoms with Gasteiger partial charge in [-0.1, -0.05) is 78.1 Å². The topological polar surface area (TPSA) is 52.6 Å². The fraction of sp³-hybridized carbons (Fsp3) is 0.867. The zero-order valence-electron chi connectivity index (χ0n) is 22.3. The number of ketones is 1. The van der Waals surface area contributed by atoms with Crippen molar-refractivity contribution in [1.82, 2.24) is 0 Å². The van der Waals surface area contributed by atoms with Crippen molar-refractivity contribution in [3.63, 3.8) is 0 Å². The van der Waals surface area contributed by atoms with E-state index in [-0.39, 0.29) is 17.8 Å². The summed E-state index contributed by atoms with van der Waals surface area (Å²) >= 11 is 0. The van der Waals surface area contributed by atoms with Gasteiger partial charge in [-0.25, -0.2) is 0 Å². The molecule has 2 saturated carbocycles. The van der Waals surface area contributed by atoms with Crippen molar-refractivity contribution in [1.29, 1.82) is 0 Å². The molecule has 2 aliphatic rings. The van der Waals surface area contributed by atoms with Crippen LogP contribution in [0.15, 0.2) is 11.3 Å². The largest absolute Gasteiger partial charge is 0.498 e. The third-order valence-electron chi connectivity index (χ3n) is 7.34. The molecule has 1 unspecified atom stereocenters. The summed E-state index contributed by atoms with van der Waals surface area (Å²) in [6, 6.07) is 0. The van der Waals surface area contributed by atoms with Crippen molar-refractivity contribution in [2.75, 3.05) is 13.2 Å². The third kappa shape index (κ3) is 13.0. The van der Waals surface area contributed by atoms with Crippen molar-refractivity contribution >= 4 is 11.8 Å². The summed E-state index contributed by atoms with van der Waals surface area (Å²) in [5, 5.41) is 0. The van der Waals surface area contributed by atoms with E-state index in [1.807, 2.05) is 0 Å². The van der Waals surface area contributed by atoms with Crippen LogP contribution in [0, 0.1) is 11.8 Å². The maximum absolute atomic E-state index is 12.6. The normalized spacial score (nSPS) is 16.1. The van der Waals surface area contributed by atoms with E-state index in [0.717, 1.165) is 63.7 Å². The van der Waals surface area contributed by atoms with Gasteiger partial charge < -0.3 is 9.47 Å². The number of carbonyl (C=O) groups excluding carboxylic acids is 2. The Morgan fingerprint density at radius 1 is 0.735 bits per heavy atom. The van der Waals surface area contributed by atoms with Crippen LogP contribution in [0.2, 0.25) is 0 Å². The maximum Gasteiger partial charge on any atom is 0.306 e. The Hall–Kier alpha value is -1.32. The molecule has 1 atom stereocenters. The number of ether oxygens (including phenoxy) is 2. The molecule has 0 radical (unpaired) electrons. The molecule has 0 bridgehead atoms. The van der Waals surface area contributed by atoms with Gasteiger partial charge in [0.25, 0.3) is 0 Å². The van der Waals surface area contributed by atoms with Gasteiger partial charge in [-0.15, -0.1) is 0 Å². The minimum atomic E-state index is -0.143. The van der Waals surface area contributed by atoms with E-state index < -0.39 is 0 Å². The quantitative estimate of drug-likeness (QED) is 0.0893. The van der Waals surface area contributed by atoms with Crippen LogP contribution in [-0.2, 0) is 19.1 Å². The molecule has 0 heterocycles. The van der Waals surface area contributed by atoms with E-state index in [4.69, 9.17) is 9.47 Å². The highest BCUT2D eigenvalue weighted by Gasteiger charge is 2.32. The lowest BCUT2D eigenvalue weighted by Crippen LogP contribution is -2.19. The molecule has 0 amide bonds. The zero-order valence-corrected chi connectivity index (χ0v) is 22.3. The van der Waals surface area contributed by atoms with Crippen molar-refractivity contribution in [3.05, 3.63) is 11.3 Å². The lowest BCUT2D eigenvalue weighted by molar-refractivity contribution is -0.145. The smallest absolute Gasteiger partial charge is 0.306 e. The molecule has 34 heavy (non-hydrogen) atoms. The van der Waals surface area contributed by atoms with Crippen molar-refractivity contribution < 1.29 is 19.1 Å². The predicted molar refractivity (Wildman–Crippen MR) is 140 cm³/mol. The van der Waals surface area contributed by atoms with Gasteiger partial charge in [0.15, 0.2) is 0 Å². The molecule has 4 nitrogen and oxygen atoms in total. The molecule has 2 fully saturated rings. The van der Waals surface area contributed by atoms with Crippen LogP contribution in [0.25, 0.3) is 0 Å². The van der Waals surface area contributed by atoms with E-state index in [1.165, 1.54) is 69.8 Å². The summed E-state index contributed by atoms with van der Waals surface area (Å²) < 4.78 is 11.8. The van der Waals surface area contributed by atoms with Gasteiger partial charge in [0.05, 0.1) is 19.0 Å². The van der Waals surface area contributed by atoms with Crippen LogP contribution in [0.4, 0.5) is 0 Å². The van der Waals surface area contributed by atoms with E-state index in [0.29, 0.717) is 25.2 Å². The van der Waals surface area contributed by atoms with Crippen molar-refractivity contribution in [3.8, 4) is 0 Å². The summed E-state index contributed by atoms with van der Waals surface area (Å²) in [6.45, 7) is 5.74. The Morgan fingerprint density at radius 2 is 1.29 bits per heavy atom. The monoisotopic (exact) mass is 476 g/mol. The number of unbranched alkanes of at least 4 members (excludes halogenated alkanes) is 10. The second kappa shape index (κ2) is 18.0. The van der Waals surface area contributed by atoms with Crippen molar-refractivity contribution in [2.24, 2.45) is 11.8 Å². The average molecular weight is 477 g/mol. The van der Waals surface area contributed by atoms with Crippen LogP contribution in [0.3, 0.4) is 0 Å². The number of Topliss-reactive ketones (excluding diaryl/α,β-unsaturated/α-hetero) is 1. The van der Waals surface area contributed by atoms with Crippen LogP contribution in [-0.4, -0.2) is 25.0 Å². The molecule has 0 saturated heterocycles. The number of esters is 1. The third-order valence-corrected chi connectivity index (χ3v) is 7.34. The fourth-order valence-electron chi connectivity index (χ4n) is 4.71. The molecular weight excluding hydrogens is 424 g/mol. The van der Waals surface area contributed by atoms with Crippen LogP contribution >= 0.6 is 0 Å². The number of hydrogen-bond donors (Lipinski definition) is 0. The number of rotatable bonds is 22. The molecule has 2 aliphatic carbocycles. The van der Waals surface area contributed by atoms with E-state index in [9.17, 15) is 9.59 Å². The standard InChI is InChI=1S/C30H52O4/c1-3-5-7-9-11-13-20-33-29(27-16-15-17-27)23-25(22-28(31)26-18-19-26)24-30(32)34-21-14-12-10-8-6-4-2/h25-26H,3-24H2,1-2H3. The lowest BCUT2D eigenvalue weighted by Gasteiger charge is -2.25. The minimum absolute atomic E-state index is 0.0119. The SMILES string of the molecule is CCCCCCCCOC(=O)CC(CC(=O)C1CC1)CC(OCCCCCCCC)=C1CCC1. The van der Waals surface area contributed by atoms with Gasteiger partial charge in [-0.05, 0) is 56.4 Å². The first kappa shape index (κ1) is 28.9. The molecule has 2 rings (SSSR count). The fourth-order valence-corrected chi connectivity index (χ4v) is 4.71. The first-order valence-electron chi connectivity index (χ1n) is 14.7. The number of carbonyl (C=O) groups is 2. The Kier molecular flexibility index (Phi) is 15.3. The average Bonchev–Trinajstić information content (AvgIpc) is 3.62. The lowest BCUT2D eigenvalue weighted by atomic mass is 9.86. The Bertz CT molecular complexity index is 599. The predicted octanol–water partition coefficient (Wildman–Crippen LogP) is 8.47. The van der Waals surface area contributed by atoms with Gasteiger partial charge in [0.1, 0.15) is 5.78 Å². The first-order valence-corrected chi connectivity index (χ1v) is 14.7. The van der Waals surface area contributed by atoms with Crippen LogP contribution < -0.4 is 0 Å². The van der Waals surface area contributed by atoms with Gasteiger partial charge >= 0.3 is 5.97 Å². The van der Waals surface area contributed by atoms with Gasteiger partial charge in [-0.3, -0.25) is 9.59 Å². The van der Waals surface area contributed by atoms with Crippen molar-refractivity contribution in [2.45, 2.75) is 142 Å². The molecule has 0 spiro atoms. The summed E-state index contributed by atoms with van der Waals surface area (Å²) in [5.41, 5.74) is 1.41. The first-order chi connectivity index (χ1) is 16.6. The number of allylic oxidation sites excluding steroid dienone is 2. The van der Waals surface area contributed by atoms with Crippen LogP contribution in [0.5, 0.6) is 0 Å². The Balaban J connectivity index is 1.78. The molecule has 4 heteroatoms. The van der Waals surface area contributed by atoms with Gasteiger partial charge in [-0.2, -0.15) is 0 Å². The molecule has 0 aromatic rings. The summed E-state index contributed by atoms with van der Waals surface area (Å²) in [7, 11) is 0. The molecule has 0 N–H and O–H groups in total. The summed E-state index contributed by atoms with van der Waals surface area (Å²) in [5.74, 6) is 1.53.